The van der Waals surface area contributed by atoms with Gasteiger partial charge in [0.25, 0.3) is 0 Å². The van der Waals surface area contributed by atoms with E-state index in [0.29, 0.717) is 12.8 Å². The van der Waals surface area contributed by atoms with Crippen molar-refractivity contribution in [3.05, 3.63) is 0 Å². The monoisotopic (exact) mass is 200 g/mol. The second-order valence-corrected chi connectivity index (χ2v) is 4.38. The molecule has 0 aromatic heterocycles. The number of carboxylic acid groups (broad SMARTS) is 1. The van der Waals surface area contributed by atoms with Crippen LogP contribution in [-0.2, 0) is 9.53 Å². The fraction of sp³-hybridized carbons (Fsp3) is 0.909. The van der Waals surface area contributed by atoms with E-state index in [4.69, 9.17) is 4.74 Å². The Morgan fingerprint density at radius 1 is 1.21 bits per heavy atom. The van der Waals surface area contributed by atoms with Crippen molar-refractivity contribution in [3.63, 3.8) is 0 Å². The van der Waals surface area contributed by atoms with Crippen molar-refractivity contribution in [1.82, 2.24) is 0 Å². The van der Waals surface area contributed by atoms with Crippen molar-refractivity contribution in [2.45, 2.75) is 64.1 Å². The third-order valence-electron chi connectivity index (χ3n) is 2.76. The Morgan fingerprint density at radius 2 is 1.71 bits per heavy atom. The standard InChI is InChI=1S/C11H20O3/c1-9(2)14-11(10(12)13)7-5-3-4-6-8-11/h9H,3-8H2,1-2H3,(H,12,13). The van der Waals surface area contributed by atoms with E-state index in [1.807, 2.05) is 13.8 Å². The summed E-state index contributed by atoms with van der Waals surface area (Å²) in [6.07, 6.45) is 5.54. The summed E-state index contributed by atoms with van der Waals surface area (Å²) in [6.45, 7) is 3.80. The van der Waals surface area contributed by atoms with E-state index in [2.05, 4.69) is 0 Å². The summed E-state index contributed by atoms with van der Waals surface area (Å²) in [5, 5.41) is 9.24. The summed E-state index contributed by atoms with van der Waals surface area (Å²) in [5.41, 5.74) is -0.898. The third-order valence-corrected chi connectivity index (χ3v) is 2.76. The van der Waals surface area contributed by atoms with Gasteiger partial charge in [0.1, 0.15) is 0 Å². The normalized spacial score (nSPS) is 21.9. The number of rotatable bonds is 3. The SMILES string of the molecule is CC(C)OC1(C(=O)O)CCCCCC1. The molecule has 3 heteroatoms. The summed E-state index contributed by atoms with van der Waals surface area (Å²) in [7, 11) is 0. The van der Waals surface area contributed by atoms with Crippen molar-refractivity contribution >= 4 is 5.97 Å². The highest BCUT2D eigenvalue weighted by molar-refractivity contribution is 5.77. The molecule has 0 bridgehead atoms. The Kier molecular flexibility index (Phi) is 3.93. The molecule has 0 atom stereocenters. The molecule has 0 amide bonds. The Hall–Kier alpha value is -0.570. The summed E-state index contributed by atoms with van der Waals surface area (Å²) in [5.74, 6) is -0.784. The summed E-state index contributed by atoms with van der Waals surface area (Å²) in [6, 6.07) is 0. The molecular weight excluding hydrogens is 180 g/mol. The van der Waals surface area contributed by atoms with E-state index < -0.39 is 11.6 Å². The highest BCUT2D eigenvalue weighted by Gasteiger charge is 2.40. The maximum Gasteiger partial charge on any atom is 0.335 e. The van der Waals surface area contributed by atoms with E-state index in [9.17, 15) is 9.90 Å². The summed E-state index contributed by atoms with van der Waals surface area (Å²) < 4.78 is 5.62. The predicted molar refractivity (Wildman–Crippen MR) is 54.3 cm³/mol. The minimum absolute atomic E-state index is 0.0100. The van der Waals surface area contributed by atoms with Crippen molar-refractivity contribution in [2.75, 3.05) is 0 Å². The lowest BCUT2D eigenvalue weighted by molar-refractivity contribution is -0.174. The molecule has 0 unspecified atom stereocenters. The molecular formula is C11H20O3. The van der Waals surface area contributed by atoms with Gasteiger partial charge < -0.3 is 9.84 Å². The molecule has 1 fully saturated rings. The van der Waals surface area contributed by atoms with Crippen LogP contribution >= 0.6 is 0 Å². The molecule has 82 valence electrons. The molecule has 0 aliphatic heterocycles. The van der Waals surface area contributed by atoms with Crippen LogP contribution in [-0.4, -0.2) is 22.8 Å². The fourth-order valence-electron chi connectivity index (χ4n) is 2.13. The molecule has 1 aliphatic carbocycles. The van der Waals surface area contributed by atoms with Crippen LogP contribution in [0.1, 0.15) is 52.4 Å². The van der Waals surface area contributed by atoms with Gasteiger partial charge in [-0.25, -0.2) is 4.79 Å². The van der Waals surface area contributed by atoms with Gasteiger partial charge in [-0.3, -0.25) is 0 Å². The first kappa shape index (κ1) is 11.5. The summed E-state index contributed by atoms with van der Waals surface area (Å²) >= 11 is 0. The van der Waals surface area contributed by atoms with Gasteiger partial charge in [-0.15, -0.1) is 0 Å². The third kappa shape index (κ3) is 2.71. The van der Waals surface area contributed by atoms with Crippen LogP contribution in [0.15, 0.2) is 0 Å². The van der Waals surface area contributed by atoms with Crippen LogP contribution in [0.2, 0.25) is 0 Å². The lowest BCUT2D eigenvalue weighted by Gasteiger charge is -2.30. The largest absolute Gasteiger partial charge is 0.479 e. The smallest absolute Gasteiger partial charge is 0.335 e. The zero-order valence-corrected chi connectivity index (χ0v) is 9.08. The van der Waals surface area contributed by atoms with Gasteiger partial charge >= 0.3 is 5.97 Å². The lowest BCUT2D eigenvalue weighted by Crippen LogP contribution is -2.43. The summed E-state index contributed by atoms with van der Waals surface area (Å²) in [4.78, 5) is 11.2. The van der Waals surface area contributed by atoms with Gasteiger partial charge in [0.15, 0.2) is 5.60 Å². The van der Waals surface area contributed by atoms with Crippen molar-refractivity contribution < 1.29 is 14.6 Å². The fourth-order valence-corrected chi connectivity index (χ4v) is 2.13. The maximum absolute atomic E-state index is 11.2. The molecule has 0 spiro atoms. The quantitative estimate of drug-likeness (QED) is 0.712. The van der Waals surface area contributed by atoms with Gasteiger partial charge in [0, 0.05) is 0 Å². The van der Waals surface area contributed by atoms with Crippen LogP contribution in [0.5, 0.6) is 0 Å². The van der Waals surface area contributed by atoms with Crippen molar-refractivity contribution in [1.29, 1.82) is 0 Å². The van der Waals surface area contributed by atoms with Gasteiger partial charge in [0.05, 0.1) is 6.10 Å². The van der Waals surface area contributed by atoms with Crippen LogP contribution < -0.4 is 0 Å². The highest BCUT2D eigenvalue weighted by atomic mass is 16.5. The molecule has 0 saturated heterocycles. The van der Waals surface area contributed by atoms with Crippen molar-refractivity contribution in [2.24, 2.45) is 0 Å². The van der Waals surface area contributed by atoms with Crippen molar-refractivity contribution in [3.8, 4) is 0 Å². The first-order valence-electron chi connectivity index (χ1n) is 5.48. The molecule has 0 aromatic carbocycles. The molecule has 0 radical (unpaired) electrons. The highest BCUT2D eigenvalue weighted by Crippen LogP contribution is 2.31. The number of hydrogen-bond donors (Lipinski definition) is 1. The molecule has 14 heavy (non-hydrogen) atoms. The van der Waals surface area contributed by atoms with E-state index in [-0.39, 0.29) is 6.10 Å². The first-order chi connectivity index (χ1) is 6.57. The molecule has 3 nitrogen and oxygen atoms in total. The Morgan fingerprint density at radius 3 is 2.07 bits per heavy atom. The number of hydrogen-bond acceptors (Lipinski definition) is 2. The van der Waals surface area contributed by atoms with E-state index in [1.165, 1.54) is 0 Å². The van der Waals surface area contributed by atoms with E-state index >= 15 is 0 Å². The Balaban J connectivity index is 2.72. The van der Waals surface area contributed by atoms with Gasteiger partial charge in [-0.05, 0) is 39.5 Å². The average molecular weight is 200 g/mol. The van der Waals surface area contributed by atoms with Gasteiger partial charge in [-0.2, -0.15) is 0 Å². The minimum Gasteiger partial charge on any atom is -0.479 e. The average Bonchev–Trinajstić information content (AvgIpc) is 2.29. The van der Waals surface area contributed by atoms with Crippen LogP contribution in [0, 0.1) is 0 Å². The molecule has 1 rings (SSSR count). The zero-order chi connectivity index (χ0) is 10.6. The molecule has 1 aliphatic rings. The number of carbonyl (C=O) groups is 1. The molecule has 0 heterocycles. The molecule has 1 N–H and O–H groups in total. The molecule has 0 aromatic rings. The Labute approximate surface area is 85.5 Å². The lowest BCUT2D eigenvalue weighted by atomic mass is 9.94. The predicted octanol–water partition coefficient (Wildman–Crippen LogP) is 2.59. The van der Waals surface area contributed by atoms with E-state index in [0.717, 1.165) is 25.7 Å². The van der Waals surface area contributed by atoms with Crippen LogP contribution in [0.3, 0.4) is 0 Å². The number of ether oxygens (including phenoxy) is 1. The Bertz CT molecular complexity index is 191. The number of aliphatic carboxylic acids is 1. The van der Waals surface area contributed by atoms with Crippen LogP contribution in [0.4, 0.5) is 0 Å². The second kappa shape index (κ2) is 4.78. The topological polar surface area (TPSA) is 46.5 Å². The van der Waals surface area contributed by atoms with Crippen LogP contribution in [0.25, 0.3) is 0 Å². The van der Waals surface area contributed by atoms with Gasteiger partial charge in [-0.1, -0.05) is 12.8 Å². The minimum atomic E-state index is -0.898. The van der Waals surface area contributed by atoms with Gasteiger partial charge in [0.2, 0.25) is 0 Å². The first-order valence-corrected chi connectivity index (χ1v) is 5.48. The molecule has 1 saturated carbocycles. The van der Waals surface area contributed by atoms with E-state index in [1.54, 1.807) is 0 Å². The zero-order valence-electron chi connectivity index (χ0n) is 9.08. The second-order valence-electron chi connectivity index (χ2n) is 4.38. The maximum atomic E-state index is 11.2. The number of carboxylic acids is 1.